The Bertz CT molecular complexity index is 716. The maximum Gasteiger partial charge on any atom is 0.310 e. The molecule has 2 aromatic rings. The highest BCUT2D eigenvalue weighted by atomic mass is 35.5. The summed E-state index contributed by atoms with van der Waals surface area (Å²) < 4.78 is 5.15. The Balaban J connectivity index is 2.23. The lowest BCUT2D eigenvalue weighted by Gasteiger charge is -2.26. The number of carbonyl (C=O) groups is 2. The SMILES string of the molecule is CCOC(=O)C(CC)CN(Cc1ccc(Cl)cc1)C(=O)c1ccccc1. The van der Waals surface area contributed by atoms with Crippen molar-refractivity contribution in [2.75, 3.05) is 13.2 Å². The minimum absolute atomic E-state index is 0.108. The molecule has 2 rings (SSSR count). The minimum Gasteiger partial charge on any atom is -0.466 e. The molecular formula is C21H24ClNO3. The van der Waals surface area contributed by atoms with E-state index in [9.17, 15) is 9.59 Å². The fourth-order valence-electron chi connectivity index (χ4n) is 2.69. The standard InChI is InChI=1S/C21H24ClNO3/c1-3-17(21(25)26-4-2)15-23(14-16-10-12-19(22)13-11-16)20(24)18-8-6-5-7-9-18/h5-13,17H,3-4,14-15H2,1-2H3. The van der Waals surface area contributed by atoms with Gasteiger partial charge in [0.1, 0.15) is 0 Å². The zero-order valence-corrected chi connectivity index (χ0v) is 15.9. The van der Waals surface area contributed by atoms with Crippen LogP contribution in [0.4, 0.5) is 0 Å². The lowest BCUT2D eigenvalue weighted by Crippen LogP contribution is -2.38. The van der Waals surface area contributed by atoms with Gasteiger partial charge in [0.25, 0.3) is 5.91 Å². The Hall–Kier alpha value is -2.33. The number of amides is 1. The van der Waals surface area contributed by atoms with Crippen molar-refractivity contribution in [2.45, 2.75) is 26.8 Å². The maximum absolute atomic E-state index is 13.0. The fraction of sp³-hybridized carbons (Fsp3) is 0.333. The highest BCUT2D eigenvalue weighted by molar-refractivity contribution is 6.30. The number of ether oxygens (including phenoxy) is 1. The van der Waals surface area contributed by atoms with Crippen LogP contribution in [0.1, 0.15) is 36.2 Å². The zero-order chi connectivity index (χ0) is 18.9. The Morgan fingerprint density at radius 3 is 2.27 bits per heavy atom. The summed E-state index contributed by atoms with van der Waals surface area (Å²) in [5, 5.41) is 0.646. The molecule has 2 aromatic carbocycles. The normalized spacial score (nSPS) is 11.7. The molecule has 1 amide bonds. The van der Waals surface area contributed by atoms with Crippen LogP contribution < -0.4 is 0 Å². The molecular weight excluding hydrogens is 350 g/mol. The predicted molar refractivity (Wildman–Crippen MR) is 103 cm³/mol. The Morgan fingerprint density at radius 1 is 1.04 bits per heavy atom. The second-order valence-electron chi connectivity index (χ2n) is 6.04. The van der Waals surface area contributed by atoms with Crippen LogP contribution in [0, 0.1) is 5.92 Å². The van der Waals surface area contributed by atoms with E-state index in [1.165, 1.54) is 0 Å². The summed E-state index contributed by atoms with van der Waals surface area (Å²) in [5.74, 6) is -0.727. The van der Waals surface area contributed by atoms with Crippen molar-refractivity contribution < 1.29 is 14.3 Å². The Kier molecular flexibility index (Phi) is 7.67. The van der Waals surface area contributed by atoms with Crippen molar-refractivity contribution in [3.63, 3.8) is 0 Å². The van der Waals surface area contributed by atoms with Gasteiger partial charge in [0.15, 0.2) is 0 Å². The summed E-state index contributed by atoms with van der Waals surface area (Å²) in [7, 11) is 0. The van der Waals surface area contributed by atoms with Crippen molar-refractivity contribution in [2.24, 2.45) is 5.92 Å². The van der Waals surface area contributed by atoms with Gasteiger partial charge in [-0.3, -0.25) is 9.59 Å². The van der Waals surface area contributed by atoms with Crippen LogP contribution in [0.5, 0.6) is 0 Å². The number of rotatable bonds is 8. The van der Waals surface area contributed by atoms with E-state index in [2.05, 4.69) is 0 Å². The van der Waals surface area contributed by atoms with Gasteiger partial charge in [0.05, 0.1) is 12.5 Å². The Morgan fingerprint density at radius 2 is 1.69 bits per heavy atom. The van der Waals surface area contributed by atoms with Crippen molar-refractivity contribution in [1.82, 2.24) is 4.90 Å². The third-order valence-corrected chi connectivity index (χ3v) is 4.40. The van der Waals surface area contributed by atoms with Crippen LogP contribution in [-0.4, -0.2) is 29.9 Å². The number of carbonyl (C=O) groups excluding carboxylic acids is 2. The van der Waals surface area contributed by atoms with E-state index >= 15 is 0 Å². The summed E-state index contributed by atoms with van der Waals surface area (Å²) in [5.41, 5.74) is 1.55. The molecule has 0 fully saturated rings. The molecule has 0 radical (unpaired) electrons. The van der Waals surface area contributed by atoms with Crippen LogP contribution >= 0.6 is 11.6 Å². The van der Waals surface area contributed by atoms with Crippen molar-refractivity contribution in [3.05, 3.63) is 70.7 Å². The van der Waals surface area contributed by atoms with Gasteiger partial charge >= 0.3 is 5.97 Å². The first-order valence-electron chi connectivity index (χ1n) is 8.80. The second kappa shape index (κ2) is 9.97. The summed E-state index contributed by atoms with van der Waals surface area (Å²) in [4.78, 5) is 26.9. The lowest BCUT2D eigenvalue weighted by atomic mass is 10.0. The van der Waals surface area contributed by atoms with E-state index in [0.717, 1.165) is 5.56 Å². The van der Waals surface area contributed by atoms with Gasteiger partial charge in [-0.15, -0.1) is 0 Å². The molecule has 0 aliphatic rings. The summed E-state index contributed by atoms with van der Waals surface area (Å²) in [6.07, 6.45) is 0.609. The van der Waals surface area contributed by atoms with Crippen LogP contribution in [0.25, 0.3) is 0 Å². The summed E-state index contributed by atoms with van der Waals surface area (Å²) in [6.45, 7) is 4.76. The monoisotopic (exact) mass is 373 g/mol. The molecule has 0 aliphatic carbocycles. The van der Waals surface area contributed by atoms with Gasteiger partial charge in [0, 0.05) is 23.7 Å². The van der Waals surface area contributed by atoms with E-state index in [1.54, 1.807) is 36.1 Å². The third-order valence-electron chi connectivity index (χ3n) is 4.15. The third kappa shape index (κ3) is 5.60. The van der Waals surface area contributed by atoms with Crippen LogP contribution in [0.3, 0.4) is 0 Å². The van der Waals surface area contributed by atoms with Crippen molar-refractivity contribution >= 4 is 23.5 Å². The molecule has 138 valence electrons. The van der Waals surface area contributed by atoms with E-state index in [0.29, 0.717) is 36.7 Å². The highest BCUT2D eigenvalue weighted by Crippen LogP contribution is 2.17. The molecule has 0 saturated heterocycles. The molecule has 0 saturated carbocycles. The van der Waals surface area contributed by atoms with E-state index in [-0.39, 0.29) is 17.8 Å². The average Bonchev–Trinajstić information content (AvgIpc) is 2.67. The van der Waals surface area contributed by atoms with Gasteiger partial charge < -0.3 is 9.64 Å². The molecule has 0 N–H and O–H groups in total. The fourth-order valence-corrected chi connectivity index (χ4v) is 2.82. The number of hydrogen-bond acceptors (Lipinski definition) is 3. The molecule has 0 bridgehead atoms. The van der Waals surface area contributed by atoms with Crippen molar-refractivity contribution in [3.8, 4) is 0 Å². The molecule has 1 atom stereocenters. The summed E-state index contributed by atoms with van der Waals surface area (Å²) >= 11 is 5.95. The van der Waals surface area contributed by atoms with Gasteiger partial charge in [-0.05, 0) is 43.2 Å². The molecule has 4 nitrogen and oxygen atoms in total. The van der Waals surface area contributed by atoms with Crippen LogP contribution in [0.2, 0.25) is 5.02 Å². The average molecular weight is 374 g/mol. The Labute approximate surface area is 159 Å². The predicted octanol–water partition coefficient (Wildman–Crippen LogP) is 4.57. The smallest absolute Gasteiger partial charge is 0.310 e. The molecule has 0 spiro atoms. The molecule has 26 heavy (non-hydrogen) atoms. The number of halogens is 1. The summed E-state index contributed by atoms with van der Waals surface area (Å²) in [6, 6.07) is 16.5. The highest BCUT2D eigenvalue weighted by Gasteiger charge is 2.25. The van der Waals surface area contributed by atoms with Crippen LogP contribution in [-0.2, 0) is 16.1 Å². The van der Waals surface area contributed by atoms with Gasteiger partial charge in [-0.2, -0.15) is 0 Å². The minimum atomic E-state index is -0.352. The first kappa shape index (κ1) is 20.0. The van der Waals surface area contributed by atoms with E-state index < -0.39 is 0 Å². The molecule has 5 heteroatoms. The first-order valence-corrected chi connectivity index (χ1v) is 9.18. The maximum atomic E-state index is 13.0. The van der Waals surface area contributed by atoms with Gasteiger partial charge in [-0.25, -0.2) is 0 Å². The van der Waals surface area contributed by atoms with Gasteiger partial charge in [-0.1, -0.05) is 48.9 Å². The molecule has 1 unspecified atom stereocenters. The van der Waals surface area contributed by atoms with E-state index in [1.807, 2.05) is 37.3 Å². The molecule has 0 heterocycles. The first-order chi connectivity index (χ1) is 12.5. The number of benzene rings is 2. The molecule has 0 aliphatic heterocycles. The quantitative estimate of drug-likeness (QED) is 0.636. The molecule has 0 aromatic heterocycles. The van der Waals surface area contributed by atoms with Gasteiger partial charge in [0.2, 0.25) is 0 Å². The van der Waals surface area contributed by atoms with Crippen LogP contribution in [0.15, 0.2) is 54.6 Å². The van der Waals surface area contributed by atoms with Crippen molar-refractivity contribution in [1.29, 1.82) is 0 Å². The van der Waals surface area contributed by atoms with E-state index in [4.69, 9.17) is 16.3 Å². The topological polar surface area (TPSA) is 46.6 Å². The zero-order valence-electron chi connectivity index (χ0n) is 15.2. The largest absolute Gasteiger partial charge is 0.466 e. The number of nitrogens with zero attached hydrogens (tertiary/aromatic N) is 1. The number of esters is 1. The number of hydrogen-bond donors (Lipinski definition) is 0. The second-order valence-corrected chi connectivity index (χ2v) is 6.47. The lowest BCUT2D eigenvalue weighted by molar-refractivity contribution is -0.148.